The summed E-state index contributed by atoms with van der Waals surface area (Å²) < 4.78 is 0. The molecular formula is C19H28N2O2. The highest BCUT2D eigenvalue weighted by atomic mass is 16.2. The number of carbonyl (C=O) groups excluding carboxylic acids is 2. The van der Waals surface area contributed by atoms with Crippen LogP contribution in [0.2, 0.25) is 0 Å². The number of benzene rings is 1. The van der Waals surface area contributed by atoms with Gasteiger partial charge in [0.1, 0.15) is 0 Å². The molecule has 0 spiro atoms. The third kappa shape index (κ3) is 3.32. The normalized spacial score (nSPS) is 28.0. The summed E-state index contributed by atoms with van der Waals surface area (Å²) in [4.78, 5) is 26.7. The molecule has 2 atom stereocenters. The Hall–Kier alpha value is -1.68. The monoisotopic (exact) mass is 316 g/mol. The summed E-state index contributed by atoms with van der Waals surface area (Å²) in [5, 5.41) is 2.58. The second kappa shape index (κ2) is 7.73. The van der Waals surface area contributed by atoms with E-state index in [9.17, 15) is 9.59 Å². The summed E-state index contributed by atoms with van der Waals surface area (Å²) >= 11 is 0. The molecular weight excluding hydrogens is 288 g/mol. The minimum atomic E-state index is -0.543. The fraction of sp³-hybridized carbons (Fsp3) is 0.579. The van der Waals surface area contributed by atoms with Crippen LogP contribution in [0.15, 0.2) is 30.3 Å². The van der Waals surface area contributed by atoms with Gasteiger partial charge in [0.25, 0.3) is 0 Å². The quantitative estimate of drug-likeness (QED) is 0.872. The Bertz CT molecular complexity index is 544. The van der Waals surface area contributed by atoms with Crippen LogP contribution in [0.1, 0.15) is 45.6 Å². The van der Waals surface area contributed by atoms with Gasteiger partial charge in [0.2, 0.25) is 11.8 Å². The van der Waals surface area contributed by atoms with Crippen molar-refractivity contribution >= 4 is 11.8 Å². The van der Waals surface area contributed by atoms with Gasteiger partial charge in [-0.05, 0) is 37.4 Å². The zero-order chi connectivity index (χ0) is 16.9. The van der Waals surface area contributed by atoms with Crippen LogP contribution in [0, 0.1) is 5.92 Å². The standard InChI is InChI=1S/C17H22N2O2.C2H6/c1-2-19-11-9-14(12-19)17(13-6-4-3-5-7-13)10-8-15(20)18-16(17)21;1-2/h3-7,14H,2,8-12H2,1H3,(H,18,20,21);1-2H3. The zero-order valence-corrected chi connectivity index (χ0v) is 14.5. The summed E-state index contributed by atoms with van der Waals surface area (Å²) in [5.41, 5.74) is 0.511. The van der Waals surface area contributed by atoms with Crippen molar-refractivity contribution < 1.29 is 9.59 Å². The summed E-state index contributed by atoms with van der Waals surface area (Å²) in [6.45, 7) is 9.15. The van der Waals surface area contributed by atoms with Gasteiger partial charge in [-0.2, -0.15) is 0 Å². The number of rotatable bonds is 3. The van der Waals surface area contributed by atoms with Gasteiger partial charge in [-0.15, -0.1) is 0 Å². The Balaban J connectivity index is 0.000000924. The Labute approximate surface area is 139 Å². The fourth-order valence-corrected chi connectivity index (χ4v) is 3.88. The van der Waals surface area contributed by atoms with Crippen LogP contribution < -0.4 is 5.32 Å². The molecule has 1 aromatic rings. The van der Waals surface area contributed by atoms with Crippen LogP contribution in [0.25, 0.3) is 0 Å². The Morgan fingerprint density at radius 3 is 2.48 bits per heavy atom. The topological polar surface area (TPSA) is 49.4 Å². The maximum atomic E-state index is 12.8. The van der Waals surface area contributed by atoms with Crippen molar-refractivity contribution in [3.05, 3.63) is 35.9 Å². The predicted octanol–water partition coefficient (Wildman–Crippen LogP) is 2.73. The molecule has 2 saturated heterocycles. The molecule has 0 aromatic heterocycles. The molecule has 4 heteroatoms. The van der Waals surface area contributed by atoms with E-state index in [4.69, 9.17) is 0 Å². The second-order valence-corrected chi connectivity index (χ2v) is 6.09. The lowest BCUT2D eigenvalue weighted by Crippen LogP contribution is -2.55. The molecule has 2 aliphatic rings. The lowest BCUT2D eigenvalue weighted by atomic mass is 9.65. The Morgan fingerprint density at radius 1 is 1.22 bits per heavy atom. The van der Waals surface area contributed by atoms with Gasteiger partial charge in [0, 0.05) is 13.0 Å². The molecule has 2 heterocycles. The minimum absolute atomic E-state index is 0.104. The van der Waals surface area contributed by atoms with Crippen molar-refractivity contribution in [2.45, 2.75) is 45.4 Å². The van der Waals surface area contributed by atoms with Gasteiger partial charge in [-0.1, -0.05) is 51.1 Å². The third-order valence-electron chi connectivity index (χ3n) is 5.11. The van der Waals surface area contributed by atoms with Crippen molar-refractivity contribution in [1.29, 1.82) is 0 Å². The highest BCUT2D eigenvalue weighted by Crippen LogP contribution is 2.43. The SMILES string of the molecule is CC.CCN1CCC(C2(c3ccccc3)CCC(=O)NC2=O)C1. The van der Waals surface area contributed by atoms with E-state index >= 15 is 0 Å². The van der Waals surface area contributed by atoms with Crippen LogP contribution in [0.5, 0.6) is 0 Å². The number of hydrogen-bond donors (Lipinski definition) is 1. The third-order valence-corrected chi connectivity index (χ3v) is 5.11. The summed E-state index contributed by atoms with van der Waals surface area (Å²) in [6.07, 6.45) is 2.08. The first kappa shape index (κ1) is 17.7. The highest BCUT2D eigenvalue weighted by molar-refractivity contribution is 6.03. The number of carbonyl (C=O) groups is 2. The van der Waals surface area contributed by atoms with E-state index in [2.05, 4.69) is 17.1 Å². The number of nitrogens with one attached hydrogen (secondary N) is 1. The molecule has 2 aliphatic heterocycles. The van der Waals surface area contributed by atoms with E-state index in [0.717, 1.165) is 31.6 Å². The van der Waals surface area contributed by atoms with Gasteiger partial charge >= 0.3 is 0 Å². The lowest BCUT2D eigenvalue weighted by Gasteiger charge is -2.40. The van der Waals surface area contributed by atoms with E-state index in [1.54, 1.807) is 0 Å². The van der Waals surface area contributed by atoms with E-state index in [1.807, 2.05) is 44.2 Å². The Morgan fingerprint density at radius 2 is 1.91 bits per heavy atom. The minimum Gasteiger partial charge on any atom is -0.303 e. The molecule has 126 valence electrons. The first-order valence-electron chi connectivity index (χ1n) is 8.79. The Kier molecular flexibility index (Phi) is 5.94. The van der Waals surface area contributed by atoms with Crippen LogP contribution in [-0.4, -0.2) is 36.3 Å². The smallest absolute Gasteiger partial charge is 0.237 e. The highest BCUT2D eigenvalue weighted by Gasteiger charge is 2.51. The summed E-state index contributed by atoms with van der Waals surface area (Å²) in [6, 6.07) is 9.99. The molecule has 1 N–H and O–H groups in total. The van der Waals surface area contributed by atoms with Crippen molar-refractivity contribution in [1.82, 2.24) is 10.2 Å². The van der Waals surface area contributed by atoms with Gasteiger partial charge in [-0.25, -0.2) is 0 Å². The predicted molar refractivity (Wildman–Crippen MR) is 92.1 cm³/mol. The molecule has 0 saturated carbocycles. The van der Waals surface area contributed by atoms with Crippen molar-refractivity contribution in [3.8, 4) is 0 Å². The number of piperidine rings is 1. The van der Waals surface area contributed by atoms with Crippen LogP contribution in [-0.2, 0) is 15.0 Å². The number of imide groups is 1. The van der Waals surface area contributed by atoms with Crippen molar-refractivity contribution in [2.24, 2.45) is 5.92 Å². The first-order chi connectivity index (χ1) is 11.2. The average molecular weight is 316 g/mol. The van der Waals surface area contributed by atoms with Gasteiger partial charge in [-0.3, -0.25) is 14.9 Å². The zero-order valence-electron chi connectivity index (χ0n) is 14.5. The van der Waals surface area contributed by atoms with Gasteiger partial charge < -0.3 is 4.90 Å². The van der Waals surface area contributed by atoms with Crippen LogP contribution >= 0.6 is 0 Å². The van der Waals surface area contributed by atoms with Crippen LogP contribution in [0.4, 0.5) is 0 Å². The van der Waals surface area contributed by atoms with E-state index in [0.29, 0.717) is 12.8 Å². The van der Waals surface area contributed by atoms with Gasteiger partial charge in [0.05, 0.1) is 5.41 Å². The molecule has 4 nitrogen and oxygen atoms in total. The lowest BCUT2D eigenvalue weighted by molar-refractivity contribution is -0.139. The number of likely N-dealkylation sites (tertiary alicyclic amines) is 1. The number of hydrogen-bond acceptors (Lipinski definition) is 3. The first-order valence-corrected chi connectivity index (χ1v) is 8.79. The largest absolute Gasteiger partial charge is 0.303 e. The van der Waals surface area contributed by atoms with E-state index < -0.39 is 5.41 Å². The fourth-order valence-electron chi connectivity index (χ4n) is 3.88. The van der Waals surface area contributed by atoms with Gasteiger partial charge in [0.15, 0.2) is 0 Å². The van der Waals surface area contributed by atoms with Crippen LogP contribution in [0.3, 0.4) is 0 Å². The molecule has 1 aromatic carbocycles. The van der Waals surface area contributed by atoms with Crippen molar-refractivity contribution in [3.63, 3.8) is 0 Å². The van der Waals surface area contributed by atoms with Crippen molar-refractivity contribution in [2.75, 3.05) is 19.6 Å². The van der Waals surface area contributed by atoms with E-state index in [-0.39, 0.29) is 17.7 Å². The van der Waals surface area contributed by atoms with E-state index in [1.165, 1.54) is 0 Å². The molecule has 2 amide bonds. The maximum Gasteiger partial charge on any atom is 0.237 e. The summed E-state index contributed by atoms with van der Waals surface area (Å²) in [5.74, 6) is 0.0396. The molecule has 0 aliphatic carbocycles. The number of nitrogens with zero attached hydrogens (tertiary/aromatic N) is 1. The maximum absolute atomic E-state index is 12.8. The molecule has 23 heavy (non-hydrogen) atoms. The molecule has 0 radical (unpaired) electrons. The molecule has 2 unspecified atom stereocenters. The molecule has 2 fully saturated rings. The molecule has 3 rings (SSSR count). The number of amides is 2. The average Bonchev–Trinajstić information content (AvgIpc) is 3.07. The summed E-state index contributed by atoms with van der Waals surface area (Å²) in [7, 11) is 0. The molecule has 0 bridgehead atoms. The second-order valence-electron chi connectivity index (χ2n) is 6.09.